The lowest BCUT2D eigenvalue weighted by Crippen LogP contribution is -2.09. The molecule has 0 unspecified atom stereocenters. The van der Waals surface area contributed by atoms with Gasteiger partial charge in [0.25, 0.3) is 0 Å². The van der Waals surface area contributed by atoms with Crippen LogP contribution in [0, 0.1) is 5.92 Å². The highest BCUT2D eigenvalue weighted by Crippen LogP contribution is 2.19. The number of esters is 1. The van der Waals surface area contributed by atoms with E-state index in [1.807, 2.05) is 0 Å². The Morgan fingerprint density at radius 3 is 2.60 bits per heavy atom. The molecule has 56 valence electrons. The van der Waals surface area contributed by atoms with Crippen molar-refractivity contribution in [2.45, 2.75) is 26.7 Å². The minimum atomic E-state index is -0.107. The highest BCUT2D eigenvalue weighted by Gasteiger charge is 2.13. The number of carbonyl (C=O) groups excluding carboxylic acids is 1. The maximum atomic E-state index is 10.6. The molecule has 1 rings (SSSR count). The maximum Gasteiger partial charge on any atom is 0.310 e. The summed E-state index contributed by atoms with van der Waals surface area (Å²) in [6.07, 6.45) is 3.01. The number of cyclic esters (lactones) is 1. The smallest absolute Gasteiger partial charge is 0.310 e. The van der Waals surface area contributed by atoms with Crippen molar-refractivity contribution in [1.82, 2.24) is 0 Å². The summed E-state index contributed by atoms with van der Waals surface area (Å²) < 4.78 is 4.75. The zero-order valence-corrected chi connectivity index (χ0v) is 6.39. The average Bonchev–Trinajstić information content (AvgIpc) is 1.88. The van der Waals surface area contributed by atoms with E-state index in [1.54, 1.807) is 6.26 Å². The molecule has 2 nitrogen and oxygen atoms in total. The maximum absolute atomic E-state index is 10.6. The monoisotopic (exact) mass is 140 g/mol. The zero-order valence-electron chi connectivity index (χ0n) is 6.39. The van der Waals surface area contributed by atoms with Crippen molar-refractivity contribution in [2.24, 2.45) is 5.92 Å². The quantitative estimate of drug-likeness (QED) is 0.520. The first-order valence-electron chi connectivity index (χ1n) is 3.58. The van der Waals surface area contributed by atoms with Gasteiger partial charge in [-0.1, -0.05) is 13.8 Å². The van der Waals surface area contributed by atoms with E-state index in [9.17, 15) is 4.79 Å². The van der Waals surface area contributed by atoms with Crippen molar-refractivity contribution >= 4 is 5.97 Å². The number of ether oxygens (including phenoxy) is 1. The third kappa shape index (κ3) is 1.59. The molecule has 1 aliphatic heterocycles. The van der Waals surface area contributed by atoms with E-state index < -0.39 is 0 Å². The topological polar surface area (TPSA) is 26.3 Å². The lowest BCUT2D eigenvalue weighted by atomic mass is 9.99. The van der Waals surface area contributed by atoms with Crippen molar-refractivity contribution < 1.29 is 9.53 Å². The van der Waals surface area contributed by atoms with Crippen LogP contribution < -0.4 is 0 Å². The SMILES string of the molecule is CC(C)C1=COC(=O)CC1. The molecule has 0 aromatic carbocycles. The van der Waals surface area contributed by atoms with Crippen molar-refractivity contribution in [2.75, 3.05) is 0 Å². The second-order valence-corrected chi connectivity index (χ2v) is 2.84. The summed E-state index contributed by atoms with van der Waals surface area (Å²) in [6.45, 7) is 4.20. The van der Waals surface area contributed by atoms with Gasteiger partial charge < -0.3 is 4.74 Å². The molecule has 0 spiro atoms. The van der Waals surface area contributed by atoms with Crippen LogP contribution in [0.15, 0.2) is 11.8 Å². The van der Waals surface area contributed by atoms with E-state index >= 15 is 0 Å². The molecule has 0 fully saturated rings. The number of hydrogen-bond donors (Lipinski definition) is 0. The molecular formula is C8H12O2. The fraction of sp³-hybridized carbons (Fsp3) is 0.625. The van der Waals surface area contributed by atoms with E-state index in [0.717, 1.165) is 6.42 Å². The summed E-state index contributed by atoms with van der Waals surface area (Å²) in [7, 11) is 0. The van der Waals surface area contributed by atoms with Crippen molar-refractivity contribution in [3.8, 4) is 0 Å². The van der Waals surface area contributed by atoms with Crippen LogP contribution in [0.2, 0.25) is 0 Å². The summed E-state index contributed by atoms with van der Waals surface area (Å²) >= 11 is 0. The number of rotatable bonds is 1. The Morgan fingerprint density at radius 2 is 2.20 bits per heavy atom. The molecule has 0 bridgehead atoms. The Bertz CT molecular complexity index is 168. The van der Waals surface area contributed by atoms with Crippen molar-refractivity contribution in [1.29, 1.82) is 0 Å². The van der Waals surface area contributed by atoms with Crippen LogP contribution in [-0.4, -0.2) is 5.97 Å². The lowest BCUT2D eigenvalue weighted by Gasteiger charge is -2.14. The van der Waals surface area contributed by atoms with Crippen LogP contribution in [0.5, 0.6) is 0 Å². The van der Waals surface area contributed by atoms with E-state index in [4.69, 9.17) is 4.74 Å². The van der Waals surface area contributed by atoms with Gasteiger partial charge in [0.05, 0.1) is 6.26 Å². The number of carbonyl (C=O) groups is 1. The molecule has 2 heteroatoms. The number of hydrogen-bond acceptors (Lipinski definition) is 2. The second-order valence-electron chi connectivity index (χ2n) is 2.84. The van der Waals surface area contributed by atoms with E-state index in [2.05, 4.69) is 13.8 Å². The van der Waals surface area contributed by atoms with Crippen LogP contribution in [0.25, 0.3) is 0 Å². The molecule has 0 aromatic heterocycles. The Balaban J connectivity index is 2.56. The van der Waals surface area contributed by atoms with Crippen LogP contribution in [0.4, 0.5) is 0 Å². The largest absolute Gasteiger partial charge is 0.435 e. The highest BCUT2D eigenvalue weighted by atomic mass is 16.5. The van der Waals surface area contributed by atoms with Gasteiger partial charge in [0.2, 0.25) is 0 Å². The first kappa shape index (κ1) is 7.32. The van der Waals surface area contributed by atoms with Gasteiger partial charge in [-0.3, -0.25) is 4.79 Å². The molecular weight excluding hydrogens is 128 g/mol. The van der Waals surface area contributed by atoms with Crippen LogP contribution >= 0.6 is 0 Å². The lowest BCUT2D eigenvalue weighted by molar-refractivity contribution is -0.139. The molecule has 0 amide bonds. The fourth-order valence-corrected chi connectivity index (χ4v) is 0.930. The first-order chi connectivity index (χ1) is 4.70. The van der Waals surface area contributed by atoms with E-state index in [0.29, 0.717) is 12.3 Å². The van der Waals surface area contributed by atoms with Crippen LogP contribution in [-0.2, 0) is 9.53 Å². The molecule has 0 atom stereocenters. The Hall–Kier alpha value is -0.790. The third-order valence-electron chi connectivity index (χ3n) is 1.70. The zero-order chi connectivity index (χ0) is 7.56. The van der Waals surface area contributed by atoms with Crippen molar-refractivity contribution in [3.63, 3.8) is 0 Å². The minimum Gasteiger partial charge on any atom is -0.435 e. The Labute approximate surface area is 60.9 Å². The molecule has 0 saturated carbocycles. The predicted molar refractivity (Wildman–Crippen MR) is 38.2 cm³/mol. The highest BCUT2D eigenvalue weighted by molar-refractivity contribution is 5.71. The van der Waals surface area contributed by atoms with E-state index in [-0.39, 0.29) is 5.97 Å². The second kappa shape index (κ2) is 2.86. The summed E-state index contributed by atoms with van der Waals surface area (Å²) in [5, 5.41) is 0. The third-order valence-corrected chi connectivity index (χ3v) is 1.70. The Morgan fingerprint density at radius 1 is 1.50 bits per heavy atom. The molecule has 1 aliphatic rings. The van der Waals surface area contributed by atoms with Crippen LogP contribution in [0.1, 0.15) is 26.7 Å². The van der Waals surface area contributed by atoms with Gasteiger partial charge in [0.1, 0.15) is 0 Å². The number of allylic oxidation sites excluding steroid dienone is 1. The molecule has 0 aromatic rings. The van der Waals surface area contributed by atoms with Gasteiger partial charge in [0, 0.05) is 6.42 Å². The fourth-order valence-electron chi connectivity index (χ4n) is 0.930. The molecule has 10 heavy (non-hydrogen) atoms. The molecule has 0 radical (unpaired) electrons. The molecule has 1 heterocycles. The summed E-state index contributed by atoms with van der Waals surface area (Å²) in [5.41, 5.74) is 1.24. The molecule has 0 saturated heterocycles. The van der Waals surface area contributed by atoms with Crippen LogP contribution in [0.3, 0.4) is 0 Å². The van der Waals surface area contributed by atoms with Crippen molar-refractivity contribution in [3.05, 3.63) is 11.8 Å². The van der Waals surface area contributed by atoms with Gasteiger partial charge in [-0.2, -0.15) is 0 Å². The minimum absolute atomic E-state index is 0.107. The predicted octanol–water partition coefficient (Wildman–Crippen LogP) is 1.86. The normalized spacial score (nSPS) is 18.7. The molecule has 0 N–H and O–H groups in total. The van der Waals surface area contributed by atoms with Gasteiger partial charge in [-0.05, 0) is 17.9 Å². The summed E-state index contributed by atoms with van der Waals surface area (Å²) in [5.74, 6) is 0.400. The summed E-state index contributed by atoms with van der Waals surface area (Å²) in [6, 6.07) is 0. The standard InChI is InChI=1S/C8H12O2/c1-6(2)7-3-4-8(9)10-5-7/h5-6H,3-4H2,1-2H3. The van der Waals surface area contributed by atoms with Gasteiger partial charge in [0.15, 0.2) is 0 Å². The van der Waals surface area contributed by atoms with Gasteiger partial charge in [-0.25, -0.2) is 0 Å². The first-order valence-corrected chi connectivity index (χ1v) is 3.58. The Kier molecular flexibility index (Phi) is 2.10. The average molecular weight is 140 g/mol. The summed E-state index contributed by atoms with van der Waals surface area (Å²) in [4.78, 5) is 10.6. The van der Waals surface area contributed by atoms with Gasteiger partial charge >= 0.3 is 5.97 Å². The van der Waals surface area contributed by atoms with E-state index in [1.165, 1.54) is 5.57 Å². The molecule has 0 aliphatic carbocycles. The van der Waals surface area contributed by atoms with Gasteiger partial charge in [-0.15, -0.1) is 0 Å².